The Morgan fingerprint density at radius 3 is 2.62 bits per heavy atom. The van der Waals surface area contributed by atoms with E-state index in [4.69, 9.17) is 9.72 Å². The number of rotatable bonds is 8. The van der Waals surface area contributed by atoms with Gasteiger partial charge in [0.1, 0.15) is 10.8 Å². The van der Waals surface area contributed by atoms with E-state index in [1.807, 2.05) is 11.5 Å². The van der Waals surface area contributed by atoms with Crippen LogP contribution in [-0.2, 0) is 12.3 Å². The molecule has 0 aliphatic rings. The Bertz CT molecular complexity index is 1210. The summed E-state index contributed by atoms with van der Waals surface area (Å²) in [7, 11) is 0. The molecule has 4 aromatic rings. The van der Waals surface area contributed by atoms with Crippen LogP contribution in [0.1, 0.15) is 37.0 Å². The predicted octanol–water partition coefficient (Wildman–Crippen LogP) is 6.44. The van der Waals surface area contributed by atoms with Crippen molar-refractivity contribution in [3.63, 3.8) is 0 Å². The molecule has 0 bridgehead atoms. The maximum atomic E-state index is 13.9. The fourth-order valence-corrected chi connectivity index (χ4v) is 4.99. The number of aromatic nitrogens is 4. The summed E-state index contributed by atoms with van der Waals surface area (Å²) in [6, 6.07) is 11.6. The molecule has 9 heteroatoms. The first kappa shape index (κ1) is 22.4. The second-order valence-electron chi connectivity index (χ2n) is 7.22. The van der Waals surface area contributed by atoms with Crippen molar-refractivity contribution in [3.8, 4) is 16.3 Å². The average molecular weight is 473 g/mol. The van der Waals surface area contributed by atoms with Gasteiger partial charge in [0, 0.05) is 29.3 Å². The van der Waals surface area contributed by atoms with Crippen LogP contribution in [0.3, 0.4) is 0 Å². The summed E-state index contributed by atoms with van der Waals surface area (Å²) in [5.74, 6) is -0.183. The SMILES string of the molecule is CCn1c(SCc2csc(-c3ccc(C)cc3)n2)nnc1C(C)Oc1ccc(F)cc1F. The van der Waals surface area contributed by atoms with Gasteiger partial charge in [-0.3, -0.25) is 0 Å². The molecule has 32 heavy (non-hydrogen) atoms. The van der Waals surface area contributed by atoms with Gasteiger partial charge in [-0.15, -0.1) is 21.5 Å². The minimum absolute atomic E-state index is 0.0233. The van der Waals surface area contributed by atoms with E-state index >= 15 is 0 Å². The lowest BCUT2D eigenvalue weighted by Crippen LogP contribution is -2.12. The first-order chi connectivity index (χ1) is 15.4. The highest BCUT2D eigenvalue weighted by Gasteiger charge is 2.20. The van der Waals surface area contributed by atoms with Gasteiger partial charge >= 0.3 is 0 Å². The maximum absolute atomic E-state index is 13.9. The number of nitrogens with zero attached hydrogens (tertiary/aromatic N) is 4. The quantitative estimate of drug-likeness (QED) is 0.276. The Hall–Kier alpha value is -2.78. The third-order valence-corrected chi connectivity index (χ3v) is 6.76. The zero-order valence-electron chi connectivity index (χ0n) is 17.9. The minimum Gasteiger partial charge on any atom is -0.480 e. The number of hydrogen-bond acceptors (Lipinski definition) is 6. The summed E-state index contributed by atoms with van der Waals surface area (Å²) in [5, 5.41) is 12.3. The van der Waals surface area contributed by atoms with Gasteiger partial charge in [0.2, 0.25) is 0 Å². The summed E-state index contributed by atoms with van der Waals surface area (Å²) >= 11 is 3.16. The molecule has 2 aromatic carbocycles. The first-order valence-electron chi connectivity index (χ1n) is 10.1. The molecule has 0 radical (unpaired) electrons. The molecule has 5 nitrogen and oxygen atoms in total. The van der Waals surface area contributed by atoms with Gasteiger partial charge in [-0.25, -0.2) is 13.8 Å². The molecular formula is C23H22F2N4OS2. The highest BCUT2D eigenvalue weighted by molar-refractivity contribution is 7.98. The van der Waals surface area contributed by atoms with Gasteiger partial charge in [0.25, 0.3) is 0 Å². The van der Waals surface area contributed by atoms with E-state index in [9.17, 15) is 8.78 Å². The fourth-order valence-electron chi connectivity index (χ4n) is 3.16. The molecule has 1 atom stereocenters. The molecule has 4 rings (SSSR count). The van der Waals surface area contributed by atoms with Crippen molar-refractivity contribution < 1.29 is 13.5 Å². The van der Waals surface area contributed by atoms with Crippen LogP contribution in [0.4, 0.5) is 8.78 Å². The smallest absolute Gasteiger partial charge is 0.191 e. The molecule has 0 amide bonds. The highest BCUT2D eigenvalue weighted by Crippen LogP contribution is 2.30. The lowest BCUT2D eigenvalue weighted by Gasteiger charge is -2.16. The summed E-state index contributed by atoms with van der Waals surface area (Å²) in [6.45, 7) is 6.45. The van der Waals surface area contributed by atoms with E-state index in [1.165, 1.54) is 23.4 Å². The second kappa shape index (κ2) is 9.79. The van der Waals surface area contributed by atoms with Gasteiger partial charge in [-0.2, -0.15) is 0 Å². The third kappa shape index (κ3) is 4.99. The Labute approximate surface area is 193 Å². The van der Waals surface area contributed by atoms with Gasteiger partial charge in [0.05, 0.1) is 5.69 Å². The molecule has 2 aromatic heterocycles. The summed E-state index contributed by atoms with van der Waals surface area (Å²) in [5.41, 5.74) is 3.30. The molecule has 0 aliphatic carbocycles. The molecular weight excluding hydrogens is 450 g/mol. The lowest BCUT2D eigenvalue weighted by molar-refractivity contribution is 0.200. The van der Waals surface area contributed by atoms with Gasteiger partial charge < -0.3 is 9.30 Å². The summed E-state index contributed by atoms with van der Waals surface area (Å²) in [4.78, 5) is 4.74. The van der Waals surface area contributed by atoms with Crippen LogP contribution in [-0.4, -0.2) is 19.7 Å². The van der Waals surface area contributed by atoms with Crippen molar-refractivity contribution in [2.75, 3.05) is 0 Å². The summed E-state index contributed by atoms with van der Waals surface area (Å²) in [6.07, 6.45) is -0.552. The number of hydrogen-bond donors (Lipinski definition) is 0. The van der Waals surface area contributed by atoms with Crippen LogP contribution < -0.4 is 4.74 Å². The largest absolute Gasteiger partial charge is 0.480 e. The maximum Gasteiger partial charge on any atom is 0.191 e. The number of thioether (sulfide) groups is 1. The summed E-state index contributed by atoms with van der Waals surface area (Å²) < 4.78 is 34.7. The van der Waals surface area contributed by atoms with E-state index in [0.717, 1.165) is 33.6 Å². The van der Waals surface area contributed by atoms with Crippen molar-refractivity contribution in [1.29, 1.82) is 0 Å². The zero-order valence-corrected chi connectivity index (χ0v) is 19.5. The Morgan fingerprint density at radius 2 is 1.91 bits per heavy atom. The van der Waals surface area contributed by atoms with Crippen molar-refractivity contribution in [1.82, 2.24) is 19.7 Å². The predicted molar refractivity (Wildman–Crippen MR) is 123 cm³/mol. The van der Waals surface area contributed by atoms with Crippen molar-refractivity contribution in [3.05, 3.63) is 76.6 Å². The van der Waals surface area contributed by atoms with E-state index < -0.39 is 17.7 Å². The average Bonchev–Trinajstić information content (AvgIpc) is 3.41. The molecule has 0 saturated carbocycles. The number of ether oxygens (including phenoxy) is 1. The highest BCUT2D eigenvalue weighted by atomic mass is 32.2. The molecule has 0 spiro atoms. The van der Waals surface area contributed by atoms with Crippen molar-refractivity contribution in [2.45, 2.75) is 44.3 Å². The van der Waals surface area contributed by atoms with Crippen LogP contribution >= 0.6 is 23.1 Å². The van der Waals surface area contributed by atoms with Crippen LogP contribution in [0.2, 0.25) is 0 Å². The van der Waals surface area contributed by atoms with Crippen LogP contribution in [0, 0.1) is 18.6 Å². The second-order valence-corrected chi connectivity index (χ2v) is 9.02. The number of benzene rings is 2. The lowest BCUT2D eigenvalue weighted by atomic mass is 10.2. The van der Waals surface area contributed by atoms with E-state index in [2.05, 4.69) is 46.8 Å². The van der Waals surface area contributed by atoms with Gasteiger partial charge in [-0.1, -0.05) is 41.6 Å². The van der Waals surface area contributed by atoms with Crippen LogP contribution in [0.25, 0.3) is 10.6 Å². The molecule has 2 heterocycles. The molecule has 0 saturated heterocycles. The number of thiazole rings is 1. The monoisotopic (exact) mass is 472 g/mol. The van der Waals surface area contributed by atoms with Crippen LogP contribution in [0.5, 0.6) is 5.75 Å². The zero-order chi connectivity index (χ0) is 22.7. The normalized spacial score (nSPS) is 12.2. The topological polar surface area (TPSA) is 52.8 Å². The molecule has 0 aliphatic heterocycles. The van der Waals surface area contributed by atoms with Crippen molar-refractivity contribution >= 4 is 23.1 Å². The van der Waals surface area contributed by atoms with Crippen LogP contribution in [0.15, 0.2) is 53.0 Å². The van der Waals surface area contributed by atoms with Crippen molar-refractivity contribution in [2.24, 2.45) is 0 Å². The van der Waals surface area contributed by atoms with E-state index in [0.29, 0.717) is 18.1 Å². The Kier molecular flexibility index (Phi) is 6.86. The number of halogens is 2. The Morgan fingerprint density at radius 1 is 1.12 bits per heavy atom. The van der Waals surface area contributed by atoms with E-state index in [-0.39, 0.29) is 5.75 Å². The molecule has 0 fully saturated rings. The molecule has 0 N–H and O–H groups in total. The first-order valence-corrected chi connectivity index (χ1v) is 12.0. The molecule has 1 unspecified atom stereocenters. The minimum atomic E-state index is -0.748. The Balaban J connectivity index is 1.44. The van der Waals surface area contributed by atoms with Gasteiger partial charge in [0.15, 0.2) is 28.7 Å². The molecule has 166 valence electrons. The standard InChI is InChI=1S/C23H22F2N4OS2/c1-4-29-21(15(3)30-20-10-9-17(24)11-19(20)25)27-28-23(29)32-13-18-12-31-22(26-18)16-7-5-14(2)6-8-16/h5-12,15H,4,13H2,1-3H3. The fraction of sp³-hybridized carbons (Fsp3) is 0.261. The third-order valence-electron chi connectivity index (χ3n) is 4.82. The number of aryl methyl sites for hydroxylation is 1. The van der Waals surface area contributed by atoms with E-state index in [1.54, 1.807) is 18.3 Å². The van der Waals surface area contributed by atoms with Gasteiger partial charge in [-0.05, 0) is 32.9 Å².